The summed E-state index contributed by atoms with van der Waals surface area (Å²) < 4.78 is 0. The fraction of sp³-hybridized carbons (Fsp3) is 0.583. The number of nitrogen functional groups attached to an aromatic ring is 1. The number of aromatic nitrogens is 2. The van der Waals surface area contributed by atoms with Gasteiger partial charge in [-0.05, 0) is 18.8 Å². The predicted molar refractivity (Wildman–Crippen MR) is 74.7 cm³/mol. The molecular weight excluding hydrogens is 262 g/mol. The van der Waals surface area contributed by atoms with Crippen LogP contribution in [-0.4, -0.2) is 47.2 Å². The maximum Gasteiger partial charge on any atom is 0.317 e. The number of nitrogens with two attached hydrogens (primary N) is 1. The third-order valence-electron chi connectivity index (χ3n) is 3.40. The van der Waals surface area contributed by atoms with Crippen LogP contribution < -0.4 is 21.5 Å². The van der Waals surface area contributed by atoms with E-state index in [1.165, 1.54) is 6.33 Å². The average molecular weight is 281 g/mol. The van der Waals surface area contributed by atoms with Crippen molar-refractivity contribution in [3.05, 3.63) is 16.7 Å². The van der Waals surface area contributed by atoms with Gasteiger partial charge in [-0.3, -0.25) is 9.59 Å². The molecule has 0 radical (unpaired) electrons. The smallest absolute Gasteiger partial charge is 0.317 e. The largest absolute Gasteiger partial charge is 0.480 e. The second-order valence-corrected chi connectivity index (χ2v) is 4.95. The van der Waals surface area contributed by atoms with Gasteiger partial charge in [-0.15, -0.1) is 0 Å². The SMILES string of the molecule is Nc1c(N2CCCC(CNCC(=O)O)C2)nc[nH]c1=O. The average Bonchev–Trinajstić information content (AvgIpc) is 2.42. The highest BCUT2D eigenvalue weighted by atomic mass is 16.4. The Balaban J connectivity index is 1.98. The Hall–Kier alpha value is -2.09. The van der Waals surface area contributed by atoms with Crippen LogP contribution in [0.25, 0.3) is 0 Å². The molecule has 1 aliphatic rings. The number of H-pyrrole nitrogens is 1. The van der Waals surface area contributed by atoms with Crippen molar-refractivity contribution in [2.45, 2.75) is 12.8 Å². The van der Waals surface area contributed by atoms with Crippen molar-refractivity contribution in [2.75, 3.05) is 36.8 Å². The van der Waals surface area contributed by atoms with Crippen LogP contribution >= 0.6 is 0 Å². The highest BCUT2D eigenvalue weighted by Gasteiger charge is 2.23. The van der Waals surface area contributed by atoms with Gasteiger partial charge in [-0.2, -0.15) is 0 Å². The number of anilines is 2. The fourth-order valence-electron chi connectivity index (χ4n) is 2.46. The number of aromatic amines is 1. The summed E-state index contributed by atoms with van der Waals surface area (Å²) in [6.07, 6.45) is 3.33. The van der Waals surface area contributed by atoms with E-state index in [0.717, 1.165) is 19.4 Å². The molecule has 2 rings (SSSR count). The molecule has 1 fully saturated rings. The Morgan fingerprint density at radius 2 is 2.45 bits per heavy atom. The molecule has 0 aliphatic carbocycles. The van der Waals surface area contributed by atoms with E-state index >= 15 is 0 Å². The van der Waals surface area contributed by atoms with Crippen LogP contribution in [-0.2, 0) is 4.79 Å². The van der Waals surface area contributed by atoms with Gasteiger partial charge in [0, 0.05) is 19.6 Å². The number of piperidine rings is 1. The molecule has 0 aromatic carbocycles. The second kappa shape index (κ2) is 6.38. The van der Waals surface area contributed by atoms with E-state index in [1.807, 2.05) is 4.90 Å². The Morgan fingerprint density at radius 3 is 3.20 bits per heavy atom. The molecule has 1 aromatic rings. The number of hydrogen-bond donors (Lipinski definition) is 4. The van der Waals surface area contributed by atoms with Crippen molar-refractivity contribution in [2.24, 2.45) is 5.92 Å². The summed E-state index contributed by atoms with van der Waals surface area (Å²) in [6, 6.07) is 0. The lowest BCUT2D eigenvalue weighted by Crippen LogP contribution is -2.41. The molecule has 8 heteroatoms. The van der Waals surface area contributed by atoms with E-state index < -0.39 is 5.97 Å². The monoisotopic (exact) mass is 281 g/mol. The normalized spacial score (nSPS) is 19.0. The highest BCUT2D eigenvalue weighted by molar-refractivity contribution is 5.69. The number of hydrogen-bond acceptors (Lipinski definition) is 6. The molecule has 1 saturated heterocycles. The minimum atomic E-state index is -0.863. The first-order valence-electron chi connectivity index (χ1n) is 6.58. The third-order valence-corrected chi connectivity index (χ3v) is 3.40. The van der Waals surface area contributed by atoms with Crippen LogP contribution in [0.15, 0.2) is 11.1 Å². The molecule has 5 N–H and O–H groups in total. The fourth-order valence-corrected chi connectivity index (χ4v) is 2.46. The molecule has 1 unspecified atom stereocenters. The van der Waals surface area contributed by atoms with E-state index in [0.29, 0.717) is 24.8 Å². The second-order valence-electron chi connectivity index (χ2n) is 4.95. The van der Waals surface area contributed by atoms with Crippen LogP contribution in [0.3, 0.4) is 0 Å². The van der Waals surface area contributed by atoms with Crippen molar-refractivity contribution in [3.8, 4) is 0 Å². The van der Waals surface area contributed by atoms with Gasteiger partial charge >= 0.3 is 5.97 Å². The molecule has 20 heavy (non-hydrogen) atoms. The summed E-state index contributed by atoms with van der Waals surface area (Å²) in [6.45, 7) is 2.11. The number of carboxylic acid groups (broad SMARTS) is 1. The maximum absolute atomic E-state index is 11.5. The third kappa shape index (κ3) is 3.47. The van der Waals surface area contributed by atoms with Crippen LogP contribution in [0.1, 0.15) is 12.8 Å². The number of rotatable bonds is 5. The lowest BCUT2D eigenvalue weighted by molar-refractivity contribution is -0.136. The topological polar surface area (TPSA) is 124 Å². The lowest BCUT2D eigenvalue weighted by atomic mass is 9.98. The van der Waals surface area contributed by atoms with Gasteiger partial charge in [0.2, 0.25) is 0 Å². The number of nitrogens with one attached hydrogen (secondary N) is 2. The van der Waals surface area contributed by atoms with Crippen LogP contribution in [0.4, 0.5) is 11.5 Å². The molecule has 2 heterocycles. The first-order valence-corrected chi connectivity index (χ1v) is 6.58. The van der Waals surface area contributed by atoms with Gasteiger partial charge in [-0.25, -0.2) is 4.98 Å². The van der Waals surface area contributed by atoms with Gasteiger partial charge in [0.1, 0.15) is 5.69 Å². The minimum absolute atomic E-state index is 0.0398. The van der Waals surface area contributed by atoms with E-state index in [1.54, 1.807) is 0 Å². The maximum atomic E-state index is 11.5. The van der Waals surface area contributed by atoms with Gasteiger partial charge < -0.3 is 26.0 Å². The molecule has 1 atom stereocenters. The lowest BCUT2D eigenvalue weighted by Gasteiger charge is -2.33. The van der Waals surface area contributed by atoms with Gasteiger partial charge in [0.25, 0.3) is 5.56 Å². The van der Waals surface area contributed by atoms with E-state index in [-0.39, 0.29) is 17.8 Å². The van der Waals surface area contributed by atoms with Gasteiger partial charge in [0.15, 0.2) is 5.82 Å². The Labute approximate surface area is 116 Å². The van der Waals surface area contributed by atoms with E-state index in [4.69, 9.17) is 10.8 Å². The van der Waals surface area contributed by atoms with Crippen LogP contribution in [0, 0.1) is 5.92 Å². The summed E-state index contributed by atoms with van der Waals surface area (Å²) in [7, 11) is 0. The summed E-state index contributed by atoms with van der Waals surface area (Å²) in [5.74, 6) is -0.0292. The number of nitrogens with zero attached hydrogens (tertiary/aromatic N) is 2. The van der Waals surface area contributed by atoms with Crippen LogP contribution in [0.5, 0.6) is 0 Å². The van der Waals surface area contributed by atoms with Gasteiger partial charge in [-0.1, -0.05) is 0 Å². The standard InChI is InChI=1S/C12H19N5O3/c13-10-11(15-7-16-12(10)20)17-3-1-2-8(6-17)4-14-5-9(18)19/h7-8,14H,1-6,13H2,(H,18,19)(H,15,16,20). The van der Waals surface area contributed by atoms with Crippen molar-refractivity contribution in [3.63, 3.8) is 0 Å². The molecule has 0 amide bonds. The molecule has 1 aliphatic heterocycles. The van der Waals surface area contributed by atoms with Crippen molar-refractivity contribution < 1.29 is 9.90 Å². The number of carbonyl (C=O) groups is 1. The van der Waals surface area contributed by atoms with E-state index in [9.17, 15) is 9.59 Å². The summed E-state index contributed by atoms with van der Waals surface area (Å²) in [5, 5.41) is 11.5. The molecule has 8 nitrogen and oxygen atoms in total. The molecule has 1 aromatic heterocycles. The molecule has 0 spiro atoms. The quantitative estimate of drug-likeness (QED) is 0.559. The highest BCUT2D eigenvalue weighted by Crippen LogP contribution is 2.23. The predicted octanol–water partition coefficient (Wildman–Crippen LogP) is -0.757. The van der Waals surface area contributed by atoms with Gasteiger partial charge in [0.05, 0.1) is 12.9 Å². The Morgan fingerprint density at radius 1 is 1.65 bits per heavy atom. The van der Waals surface area contributed by atoms with Crippen molar-refractivity contribution in [1.82, 2.24) is 15.3 Å². The summed E-state index contributed by atoms with van der Waals surface area (Å²) in [5.41, 5.74) is 5.56. The Kier molecular flexibility index (Phi) is 4.57. The molecule has 110 valence electrons. The zero-order chi connectivity index (χ0) is 14.5. The number of carboxylic acids is 1. The van der Waals surface area contributed by atoms with Crippen LogP contribution in [0.2, 0.25) is 0 Å². The first-order chi connectivity index (χ1) is 9.58. The van der Waals surface area contributed by atoms with Crippen molar-refractivity contribution in [1.29, 1.82) is 0 Å². The summed E-state index contributed by atoms with van der Waals surface area (Å²) >= 11 is 0. The zero-order valence-electron chi connectivity index (χ0n) is 11.1. The van der Waals surface area contributed by atoms with E-state index in [2.05, 4.69) is 15.3 Å². The zero-order valence-corrected chi connectivity index (χ0v) is 11.1. The Bertz CT molecular complexity index is 530. The molecule has 0 bridgehead atoms. The minimum Gasteiger partial charge on any atom is -0.480 e. The summed E-state index contributed by atoms with van der Waals surface area (Å²) in [4.78, 5) is 30.5. The molecular formula is C12H19N5O3. The van der Waals surface area contributed by atoms with Crippen molar-refractivity contribution >= 4 is 17.5 Å². The number of aliphatic carboxylic acids is 1. The molecule has 0 saturated carbocycles. The first kappa shape index (κ1) is 14.3.